The quantitative estimate of drug-likeness (QED) is 0.464. The first kappa shape index (κ1) is 24.5. The van der Waals surface area contributed by atoms with Gasteiger partial charge in [-0.15, -0.1) is 0 Å². The number of hydrogen-bond acceptors (Lipinski definition) is 3. The van der Waals surface area contributed by atoms with E-state index in [4.69, 9.17) is 0 Å². The van der Waals surface area contributed by atoms with Crippen LogP contribution in [0.4, 0.5) is 0 Å². The van der Waals surface area contributed by atoms with Gasteiger partial charge in [-0.25, -0.2) is 0 Å². The average molecular weight is 471 g/mol. The minimum Gasteiger partial charge on any atom is -0.481 e. The molecule has 2 N–H and O–H groups in total. The Morgan fingerprint density at radius 1 is 0.912 bits per heavy atom. The molecule has 0 aromatic carbocycles. The smallest absolute Gasteiger partial charge is 0.309 e. The second-order valence-corrected chi connectivity index (χ2v) is 14.9. The first-order valence-corrected chi connectivity index (χ1v) is 13.7. The van der Waals surface area contributed by atoms with Crippen molar-refractivity contribution in [2.24, 2.45) is 50.2 Å². The Labute approximate surface area is 206 Å². The van der Waals surface area contributed by atoms with Gasteiger partial charge in [0.2, 0.25) is 0 Å². The number of carbonyl (C=O) groups is 2. The van der Waals surface area contributed by atoms with E-state index >= 15 is 0 Å². The number of carbonyl (C=O) groups excluding carboxylic acids is 1. The standard InChI is InChI=1S/C30H46O4/c1-25(2)21-8-11-30(7)23(28(21,5)10-9-22(25)32)20(31)16-18-19-17-27(4,24(33)34)13-12-26(19,3)14-15-29(18,30)6/h16,19,21-23,32H,8-15,17H2,1-7H3,(H,33,34)/t19-,21-,22+,23-,26+,27-,28+,29-,30-/m1/s1. The molecule has 0 radical (unpaired) electrons. The number of carboxylic acids is 1. The third-order valence-electron chi connectivity index (χ3n) is 13.1. The second-order valence-electron chi connectivity index (χ2n) is 14.9. The molecule has 5 aliphatic carbocycles. The highest BCUT2D eigenvalue weighted by atomic mass is 16.4. The lowest BCUT2D eigenvalue weighted by Crippen LogP contribution is -2.66. The Balaban J connectivity index is 1.62. The molecule has 0 saturated heterocycles. The molecule has 0 unspecified atom stereocenters. The van der Waals surface area contributed by atoms with Gasteiger partial charge in [-0.3, -0.25) is 9.59 Å². The van der Waals surface area contributed by atoms with Crippen molar-refractivity contribution in [3.05, 3.63) is 11.6 Å². The third kappa shape index (κ3) is 2.81. The van der Waals surface area contributed by atoms with Crippen molar-refractivity contribution in [3.8, 4) is 0 Å². The number of fused-ring (bicyclic) bond motifs is 7. The minimum atomic E-state index is -0.711. The number of rotatable bonds is 1. The van der Waals surface area contributed by atoms with E-state index in [9.17, 15) is 19.8 Å². The molecule has 34 heavy (non-hydrogen) atoms. The number of carboxylic acid groups (broad SMARTS) is 1. The van der Waals surface area contributed by atoms with E-state index in [2.05, 4.69) is 41.5 Å². The lowest BCUT2D eigenvalue weighted by Gasteiger charge is -2.70. The molecule has 4 fully saturated rings. The summed E-state index contributed by atoms with van der Waals surface area (Å²) in [6.45, 7) is 15.8. The van der Waals surface area contributed by atoms with Gasteiger partial charge in [-0.2, -0.15) is 0 Å². The maximum absolute atomic E-state index is 14.2. The van der Waals surface area contributed by atoms with E-state index < -0.39 is 11.4 Å². The van der Waals surface area contributed by atoms with Gasteiger partial charge in [0.15, 0.2) is 5.78 Å². The molecule has 0 heterocycles. The highest BCUT2D eigenvalue weighted by Gasteiger charge is 2.70. The second kappa shape index (κ2) is 6.99. The number of allylic oxidation sites excluding steroid dienone is 2. The van der Waals surface area contributed by atoms with Gasteiger partial charge in [0.25, 0.3) is 0 Å². The molecule has 0 aliphatic heterocycles. The monoisotopic (exact) mass is 470 g/mol. The molecule has 0 amide bonds. The molecule has 0 aromatic heterocycles. The minimum absolute atomic E-state index is 0.0296. The molecule has 190 valence electrons. The van der Waals surface area contributed by atoms with E-state index in [1.807, 2.05) is 13.0 Å². The lowest BCUT2D eigenvalue weighted by atomic mass is 9.33. The van der Waals surface area contributed by atoms with Crippen LogP contribution >= 0.6 is 0 Å². The molecule has 0 bridgehead atoms. The van der Waals surface area contributed by atoms with Gasteiger partial charge in [-0.05, 0) is 110 Å². The molecule has 4 nitrogen and oxygen atoms in total. The maximum atomic E-state index is 14.2. The van der Waals surface area contributed by atoms with Crippen LogP contribution in [0.1, 0.15) is 106 Å². The topological polar surface area (TPSA) is 74.6 Å². The van der Waals surface area contributed by atoms with Gasteiger partial charge in [0, 0.05) is 5.92 Å². The van der Waals surface area contributed by atoms with Crippen molar-refractivity contribution in [2.75, 3.05) is 0 Å². The van der Waals surface area contributed by atoms with E-state index in [-0.39, 0.29) is 50.8 Å². The summed E-state index contributed by atoms with van der Waals surface area (Å²) in [6, 6.07) is 0. The zero-order valence-electron chi connectivity index (χ0n) is 22.5. The molecule has 9 atom stereocenters. The molecule has 4 saturated carbocycles. The Bertz CT molecular complexity index is 965. The van der Waals surface area contributed by atoms with Crippen LogP contribution in [0, 0.1) is 50.2 Å². The van der Waals surface area contributed by atoms with E-state index in [1.165, 1.54) is 5.57 Å². The van der Waals surface area contributed by atoms with Gasteiger partial charge in [-0.1, -0.05) is 47.1 Å². The van der Waals surface area contributed by atoms with Crippen LogP contribution in [0.5, 0.6) is 0 Å². The number of hydrogen-bond donors (Lipinski definition) is 2. The van der Waals surface area contributed by atoms with Gasteiger partial charge >= 0.3 is 5.97 Å². The van der Waals surface area contributed by atoms with Crippen LogP contribution in [-0.2, 0) is 9.59 Å². The molecule has 0 spiro atoms. The molecule has 0 aromatic rings. The van der Waals surface area contributed by atoms with Crippen molar-refractivity contribution >= 4 is 11.8 Å². The Hall–Kier alpha value is -1.16. The average Bonchev–Trinajstić information content (AvgIpc) is 2.73. The number of aliphatic carboxylic acids is 1. The summed E-state index contributed by atoms with van der Waals surface area (Å²) in [7, 11) is 0. The van der Waals surface area contributed by atoms with Crippen molar-refractivity contribution < 1.29 is 19.8 Å². The van der Waals surface area contributed by atoms with Gasteiger partial charge < -0.3 is 10.2 Å². The molecular weight excluding hydrogens is 424 g/mol. The Morgan fingerprint density at radius 3 is 2.21 bits per heavy atom. The first-order chi connectivity index (χ1) is 15.6. The number of ketones is 1. The summed E-state index contributed by atoms with van der Waals surface area (Å²) < 4.78 is 0. The fourth-order valence-corrected chi connectivity index (χ4v) is 10.4. The predicted molar refractivity (Wildman–Crippen MR) is 133 cm³/mol. The van der Waals surface area contributed by atoms with Gasteiger partial charge in [0.05, 0.1) is 11.5 Å². The number of aliphatic hydroxyl groups is 1. The summed E-state index contributed by atoms with van der Waals surface area (Å²) in [5.74, 6) is 0.0603. The lowest BCUT2D eigenvalue weighted by molar-refractivity contribution is -0.202. The van der Waals surface area contributed by atoms with Crippen molar-refractivity contribution in [1.29, 1.82) is 0 Å². The predicted octanol–water partition coefficient (Wildman–Crippen LogP) is 6.41. The molecule has 4 heteroatoms. The van der Waals surface area contributed by atoms with E-state index in [0.717, 1.165) is 51.4 Å². The highest BCUT2D eigenvalue weighted by Crippen LogP contribution is 2.75. The van der Waals surface area contributed by atoms with Crippen molar-refractivity contribution in [1.82, 2.24) is 0 Å². The molecule has 5 rings (SSSR count). The molecule has 5 aliphatic rings. The van der Waals surface area contributed by atoms with Crippen molar-refractivity contribution in [2.45, 2.75) is 112 Å². The van der Waals surface area contributed by atoms with Crippen LogP contribution in [0.3, 0.4) is 0 Å². The fraction of sp³-hybridized carbons (Fsp3) is 0.867. The Kier molecular flexibility index (Phi) is 5.04. The highest BCUT2D eigenvalue weighted by molar-refractivity contribution is 5.95. The maximum Gasteiger partial charge on any atom is 0.309 e. The fourth-order valence-electron chi connectivity index (χ4n) is 10.4. The summed E-state index contributed by atoms with van der Waals surface area (Å²) in [5.41, 5.74) is 0.142. The van der Waals surface area contributed by atoms with E-state index in [0.29, 0.717) is 12.3 Å². The Morgan fingerprint density at radius 2 is 1.56 bits per heavy atom. The summed E-state index contributed by atoms with van der Waals surface area (Å²) >= 11 is 0. The van der Waals surface area contributed by atoms with Crippen LogP contribution < -0.4 is 0 Å². The third-order valence-corrected chi connectivity index (χ3v) is 13.1. The number of aliphatic hydroxyl groups excluding tert-OH is 1. The SMILES string of the molecule is CC1(C)[C@H]2CC[C@]3(C)[C@H](C(=O)C=C4[C@H]5C[C@](C)(C(=O)O)CC[C@@]5(C)CC[C@]43C)[C@@]2(C)CC[C@@H]1O. The zero-order chi connectivity index (χ0) is 25.1. The molecular formula is C30H46O4. The van der Waals surface area contributed by atoms with Crippen molar-refractivity contribution in [3.63, 3.8) is 0 Å². The van der Waals surface area contributed by atoms with Crippen LogP contribution in [0.15, 0.2) is 11.6 Å². The van der Waals surface area contributed by atoms with Crippen LogP contribution in [0.2, 0.25) is 0 Å². The normalized spacial score (nSPS) is 54.1. The zero-order valence-corrected chi connectivity index (χ0v) is 22.5. The first-order valence-electron chi connectivity index (χ1n) is 13.7. The van der Waals surface area contributed by atoms with Gasteiger partial charge in [0.1, 0.15) is 0 Å². The largest absolute Gasteiger partial charge is 0.481 e. The van der Waals surface area contributed by atoms with Crippen LogP contribution in [0.25, 0.3) is 0 Å². The van der Waals surface area contributed by atoms with E-state index in [1.54, 1.807) is 0 Å². The summed E-state index contributed by atoms with van der Waals surface area (Å²) in [5, 5.41) is 20.9. The van der Waals surface area contributed by atoms with Crippen LogP contribution in [-0.4, -0.2) is 28.1 Å². The summed E-state index contributed by atoms with van der Waals surface area (Å²) in [6.07, 6.45) is 9.95. The summed E-state index contributed by atoms with van der Waals surface area (Å²) in [4.78, 5) is 26.4.